The smallest absolute Gasteiger partial charge is 0.338 e. The minimum atomic E-state index is -0.706. The van der Waals surface area contributed by atoms with Crippen molar-refractivity contribution in [1.29, 1.82) is 0 Å². The summed E-state index contributed by atoms with van der Waals surface area (Å²) in [6, 6.07) is 18.5. The lowest BCUT2D eigenvalue weighted by molar-refractivity contribution is -0.143. The van der Waals surface area contributed by atoms with Crippen LogP contribution >= 0.6 is 0 Å². The highest BCUT2D eigenvalue weighted by Gasteiger charge is 2.16. The van der Waals surface area contributed by atoms with E-state index in [9.17, 15) is 24.0 Å². The van der Waals surface area contributed by atoms with Crippen molar-refractivity contribution in [3.63, 3.8) is 0 Å². The molecule has 0 aromatic heterocycles. The van der Waals surface area contributed by atoms with E-state index in [1.54, 1.807) is 61.5 Å². The molecule has 0 aliphatic rings. The molecule has 3 aromatic carbocycles. The van der Waals surface area contributed by atoms with E-state index < -0.39 is 31.1 Å². The summed E-state index contributed by atoms with van der Waals surface area (Å²) in [5, 5.41) is 2.66. The number of ether oxygens (including phenoxy) is 2. The third-order valence-electron chi connectivity index (χ3n) is 5.75. The fraction of sp³-hybridized carbons (Fsp3) is 0.233. The number of benzene rings is 3. The number of anilines is 1. The second kappa shape index (κ2) is 13.1. The molecule has 0 saturated carbocycles. The topological polar surface area (TPSA) is 116 Å². The Labute approximate surface area is 221 Å². The molecule has 0 saturated heterocycles. The third-order valence-corrected chi connectivity index (χ3v) is 5.75. The maximum atomic E-state index is 12.5. The Morgan fingerprint density at radius 3 is 1.68 bits per heavy atom. The van der Waals surface area contributed by atoms with Gasteiger partial charge in [-0.15, -0.1) is 0 Å². The zero-order chi connectivity index (χ0) is 27.7. The molecular formula is C30H29NO7. The first kappa shape index (κ1) is 28.0. The summed E-state index contributed by atoms with van der Waals surface area (Å²) in [5.74, 6) is -2.50. The zero-order valence-electron chi connectivity index (χ0n) is 21.5. The molecule has 3 aromatic rings. The molecule has 0 aliphatic carbocycles. The van der Waals surface area contributed by atoms with Crippen molar-refractivity contribution in [2.75, 3.05) is 18.5 Å². The van der Waals surface area contributed by atoms with E-state index in [2.05, 4.69) is 5.32 Å². The van der Waals surface area contributed by atoms with Crippen LogP contribution in [0.4, 0.5) is 5.69 Å². The van der Waals surface area contributed by atoms with E-state index in [0.29, 0.717) is 22.4 Å². The van der Waals surface area contributed by atoms with E-state index in [-0.39, 0.29) is 30.0 Å². The number of hydrogen-bond donors (Lipinski definition) is 1. The molecular weight excluding hydrogens is 486 g/mol. The molecule has 8 heteroatoms. The first-order valence-corrected chi connectivity index (χ1v) is 12.1. The predicted octanol–water partition coefficient (Wildman–Crippen LogP) is 4.80. The molecule has 38 heavy (non-hydrogen) atoms. The number of aryl methyl sites for hydroxylation is 3. The second-order valence-electron chi connectivity index (χ2n) is 8.89. The van der Waals surface area contributed by atoms with Gasteiger partial charge in [0.25, 0.3) is 0 Å². The molecule has 1 amide bonds. The molecule has 8 nitrogen and oxygen atoms in total. The number of hydrogen-bond acceptors (Lipinski definition) is 7. The van der Waals surface area contributed by atoms with Crippen LogP contribution in [-0.2, 0) is 19.1 Å². The Hall–Kier alpha value is -4.59. The quantitative estimate of drug-likeness (QED) is 0.288. The van der Waals surface area contributed by atoms with E-state index in [0.717, 1.165) is 11.1 Å². The van der Waals surface area contributed by atoms with Gasteiger partial charge in [0.05, 0.1) is 12.0 Å². The monoisotopic (exact) mass is 515 g/mol. The summed E-state index contributed by atoms with van der Waals surface area (Å²) in [4.78, 5) is 61.2. The van der Waals surface area contributed by atoms with Gasteiger partial charge < -0.3 is 14.8 Å². The van der Waals surface area contributed by atoms with Gasteiger partial charge in [-0.1, -0.05) is 65.7 Å². The molecule has 0 bridgehead atoms. The van der Waals surface area contributed by atoms with Gasteiger partial charge >= 0.3 is 11.9 Å². The van der Waals surface area contributed by atoms with Gasteiger partial charge in [-0.2, -0.15) is 0 Å². The fourth-order valence-electron chi connectivity index (χ4n) is 3.39. The molecule has 0 fully saturated rings. The Bertz CT molecular complexity index is 1340. The summed E-state index contributed by atoms with van der Waals surface area (Å²) in [7, 11) is 0. The summed E-state index contributed by atoms with van der Waals surface area (Å²) in [6.45, 7) is 4.74. The molecule has 1 N–H and O–H groups in total. The number of carbonyl (C=O) groups excluding carboxylic acids is 5. The molecule has 196 valence electrons. The van der Waals surface area contributed by atoms with Crippen molar-refractivity contribution in [3.8, 4) is 0 Å². The van der Waals surface area contributed by atoms with Gasteiger partial charge in [0, 0.05) is 23.2 Å². The highest BCUT2D eigenvalue weighted by Crippen LogP contribution is 2.18. The van der Waals surface area contributed by atoms with Crippen molar-refractivity contribution in [2.24, 2.45) is 0 Å². The lowest BCUT2D eigenvalue weighted by atomic mass is 10.1. The molecule has 0 aliphatic heterocycles. The molecule has 3 rings (SSSR count). The SMILES string of the molecule is Cc1ccc(C(=O)COC(=O)CCC(=O)Nc2cc(C(=O)OCC(=O)c3ccc(C)cc3)ccc2C)cc1. The van der Waals surface area contributed by atoms with Crippen LogP contribution in [0.25, 0.3) is 0 Å². The van der Waals surface area contributed by atoms with Crippen LogP contribution in [0.3, 0.4) is 0 Å². The predicted molar refractivity (Wildman–Crippen MR) is 141 cm³/mol. The van der Waals surface area contributed by atoms with Crippen molar-refractivity contribution in [3.05, 3.63) is 100 Å². The maximum absolute atomic E-state index is 12.5. The van der Waals surface area contributed by atoms with Gasteiger partial charge in [-0.25, -0.2) is 4.79 Å². The van der Waals surface area contributed by atoms with Crippen LogP contribution < -0.4 is 5.32 Å². The fourth-order valence-corrected chi connectivity index (χ4v) is 3.39. The first-order chi connectivity index (χ1) is 18.1. The third kappa shape index (κ3) is 8.23. The van der Waals surface area contributed by atoms with Crippen molar-refractivity contribution in [1.82, 2.24) is 0 Å². The number of nitrogens with one attached hydrogen (secondary N) is 1. The number of carbonyl (C=O) groups is 5. The van der Waals surface area contributed by atoms with Crippen LogP contribution in [0.5, 0.6) is 0 Å². The van der Waals surface area contributed by atoms with Gasteiger partial charge in [0.2, 0.25) is 5.91 Å². The van der Waals surface area contributed by atoms with Gasteiger partial charge in [0.1, 0.15) is 0 Å². The Kier molecular flexibility index (Phi) is 9.65. The van der Waals surface area contributed by atoms with Crippen molar-refractivity contribution < 1.29 is 33.4 Å². The maximum Gasteiger partial charge on any atom is 0.338 e. The number of amides is 1. The van der Waals surface area contributed by atoms with Gasteiger partial charge in [-0.05, 0) is 38.5 Å². The van der Waals surface area contributed by atoms with E-state index in [1.807, 2.05) is 13.8 Å². The number of rotatable bonds is 11. The van der Waals surface area contributed by atoms with E-state index in [4.69, 9.17) is 9.47 Å². The molecule has 0 atom stereocenters. The standard InChI is InChI=1S/C30H29NO7/c1-19-4-9-22(10-5-19)26(32)17-37-29(35)15-14-28(34)31-25-16-24(13-8-21(25)3)30(36)38-18-27(33)23-11-6-20(2)7-12-23/h4-13,16H,14-15,17-18H2,1-3H3,(H,31,34). The van der Waals surface area contributed by atoms with Crippen LogP contribution in [0.15, 0.2) is 66.7 Å². The second-order valence-corrected chi connectivity index (χ2v) is 8.89. The highest BCUT2D eigenvalue weighted by molar-refractivity contribution is 6.00. The van der Waals surface area contributed by atoms with Crippen LogP contribution in [-0.4, -0.2) is 42.6 Å². The van der Waals surface area contributed by atoms with E-state index in [1.165, 1.54) is 12.1 Å². The summed E-state index contributed by atoms with van der Waals surface area (Å²) in [6.07, 6.45) is -0.383. The van der Waals surface area contributed by atoms with Crippen LogP contribution in [0.2, 0.25) is 0 Å². The first-order valence-electron chi connectivity index (χ1n) is 12.1. The van der Waals surface area contributed by atoms with Crippen molar-refractivity contribution >= 4 is 35.1 Å². The lowest BCUT2D eigenvalue weighted by Crippen LogP contribution is -2.18. The molecule has 0 unspecified atom stereocenters. The minimum absolute atomic E-state index is 0.164. The lowest BCUT2D eigenvalue weighted by Gasteiger charge is -2.11. The number of Topliss-reactive ketones (excluding diaryl/α,β-unsaturated/α-hetero) is 2. The summed E-state index contributed by atoms with van der Waals surface area (Å²) >= 11 is 0. The van der Waals surface area contributed by atoms with Crippen LogP contribution in [0, 0.1) is 20.8 Å². The van der Waals surface area contributed by atoms with E-state index >= 15 is 0 Å². The molecule has 0 heterocycles. The van der Waals surface area contributed by atoms with Gasteiger partial charge in [-0.3, -0.25) is 19.2 Å². The minimum Gasteiger partial charge on any atom is -0.457 e. The molecule has 0 radical (unpaired) electrons. The summed E-state index contributed by atoms with van der Waals surface area (Å²) in [5.41, 5.74) is 4.13. The normalized spacial score (nSPS) is 10.4. The highest BCUT2D eigenvalue weighted by atomic mass is 16.5. The van der Waals surface area contributed by atoms with Crippen molar-refractivity contribution in [2.45, 2.75) is 33.6 Å². The molecule has 0 spiro atoms. The number of esters is 2. The zero-order valence-corrected chi connectivity index (χ0v) is 21.5. The van der Waals surface area contributed by atoms with Crippen LogP contribution in [0.1, 0.15) is 60.6 Å². The summed E-state index contributed by atoms with van der Waals surface area (Å²) < 4.78 is 10.1. The largest absolute Gasteiger partial charge is 0.457 e. The van der Waals surface area contributed by atoms with Gasteiger partial charge in [0.15, 0.2) is 24.8 Å². The number of ketones is 2. The Morgan fingerprint density at radius 2 is 1.13 bits per heavy atom. The average Bonchev–Trinajstić information content (AvgIpc) is 2.91. The average molecular weight is 516 g/mol. The Balaban J connectivity index is 1.47. The Morgan fingerprint density at radius 1 is 0.632 bits per heavy atom.